The molecule has 4 heteroatoms. The Bertz CT molecular complexity index is 907. The van der Waals surface area contributed by atoms with Crippen LogP contribution in [0.2, 0.25) is 0 Å². The Labute approximate surface area is 154 Å². The molecule has 0 fully saturated rings. The molecule has 1 heterocycles. The van der Waals surface area contributed by atoms with Gasteiger partial charge < -0.3 is 9.47 Å². The van der Waals surface area contributed by atoms with Crippen molar-refractivity contribution in [3.63, 3.8) is 0 Å². The Morgan fingerprint density at radius 1 is 1.23 bits per heavy atom. The van der Waals surface area contributed by atoms with Crippen LogP contribution in [0.3, 0.4) is 0 Å². The number of allylic oxidation sites excluding steroid dienone is 1. The summed E-state index contributed by atoms with van der Waals surface area (Å²) in [5, 5.41) is 0. The van der Waals surface area contributed by atoms with E-state index in [2.05, 4.69) is 6.92 Å². The molecule has 4 nitrogen and oxygen atoms in total. The Kier molecular flexibility index (Phi) is 5.40. The Morgan fingerprint density at radius 2 is 2.04 bits per heavy atom. The molecular formula is C22H26N2O2. The second kappa shape index (κ2) is 7.73. The normalized spacial score (nSPS) is 12.3. The first-order valence-electron chi connectivity index (χ1n) is 9.28. The molecule has 0 radical (unpaired) electrons. The van der Waals surface area contributed by atoms with Crippen molar-refractivity contribution in [2.75, 3.05) is 14.1 Å². The van der Waals surface area contributed by atoms with Crippen molar-refractivity contribution >= 4 is 12.0 Å². The van der Waals surface area contributed by atoms with Crippen LogP contribution < -0.4 is 5.56 Å². The van der Waals surface area contributed by atoms with Gasteiger partial charge in [0.15, 0.2) is 0 Å². The smallest absolute Gasteiger partial charge is 0.254 e. The standard InChI is InChI=1S/C22H26N2O2/c1-4-5-6-13-24-15-20(18-11-8-12-19(18)22(24)26)16-9-7-10-17(14-16)21(25)23(2)3/h7-11,14-15H,4-6,12-13H2,1-3H3. The first-order chi connectivity index (χ1) is 12.5. The lowest BCUT2D eigenvalue weighted by Gasteiger charge is -2.15. The number of unbranched alkanes of at least 4 members (excludes halogenated alkanes) is 2. The molecule has 1 aromatic carbocycles. The van der Waals surface area contributed by atoms with Gasteiger partial charge in [-0.2, -0.15) is 0 Å². The SMILES string of the molecule is CCCCCn1cc(-c2cccc(C(=O)N(C)C)c2)c2c(c1=O)CC=C2. The zero-order valence-electron chi connectivity index (χ0n) is 15.8. The van der Waals surface area contributed by atoms with Crippen LogP contribution in [0.5, 0.6) is 0 Å². The van der Waals surface area contributed by atoms with E-state index in [1.54, 1.807) is 19.0 Å². The molecule has 0 aliphatic heterocycles. The molecule has 26 heavy (non-hydrogen) atoms. The highest BCUT2D eigenvalue weighted by Gasteiger charge is 2.18. The second-order valence-electron chi connectivity index (χ2n) is 7.03. The largest absolute Gasteiger partial charge is 0.345 e. The molecule has 2 aromatic rings. The maximum Gasteiger partial charge on any atom is 0.254 e. The van der Waals surface area contributed by atoms with E-state index in [9.17, 15) is 9.59 Å². The van der Waals surface area contributed by atoms with Crippen LogP contribution in [0.15, 0.2) is 41.3 Å². The molecule has 0 spiro atoms. The quantitative estimate of drug-likeness (QED) is 0.740. The zero-order chi connectivity index (χ0) is 18.7. The van der Waals surface area contributed by atoms with Crippen molar-refractivity contribution in [1.82, 2.24) is 9.47 Å². The number of aryl methyl sites for hydroxylation is 1. The molecule has 3 rings (SSSR count). The van der Waals surface area contributed by atoms with Crippen LogP contribution in [0.1, 0.15) is 47.7 Å². The summed E-state index contributed by atoms with van der Waals surface area (Å²) in [6, 6.07) is 7.67. The lowest BCUT2D eigenvalue weighted by molar-refractivity contribution is 0.0827. The van der Waals surface area contributed by atoms with E-state index < -0.39 is 0 Å². The molecule has 0 saturated carbocycles. The van der Waals surface area contributed by atoms with Gasteiger partial charge in [-0.05, 0) is 36.1 Å². The zero-order valence-corrected chi connectivity index (χ0v) is 15.8. The van der Waals surface area contributed by atoms with Crippen LogP contribution in [-0.4, -0.2) is 29.5 Å². The van der Waals surface area contributed by atoms with Crippen LogP contribution in [0.25, 0.3) is 17.2 Å². The minimum atomic E-state index is -0.0182. The highest BCUT2D eigenvalue weighted by Crippen LogP contribution is 2.30. The summed E-state index contributed by atoms with van der Waals surface area (Å²) < 4.78 is 1.84. The maximum absolute atomic E-state index is 12.8. The lowest BCUT2D eigenvalue weighted by atomic mass is 9.97. The third-order valence-electron chi connectivity index (χ3n) is 4.86. The molecule has 0 unspecified atom stereocenters. The number of carbonyl (C=O) groups is 1. The van der Waals surface area contributed by atoms with Gasteiger partial charge in [0.1, 0.15) is 0 Å². The van der Waals surface area contributed by atoms with Gasteiger partial charge in [-0.15, -0.1) is 0 Å². The van der Waals surface area contributed by atoms with E-state index in [1.165, 1.54) is 0 Å². The fraction of sp³-hybridized carbons (Fsp3) is 0.364. The number of benzene rings is 1. The second-order valence-corrected chi connectivity index (χ2v) is 7.03. The molecular weight excluding hydrogens is 324 g/mol. The number of aromatic nitrogens is 1. The van der Waals surface area contributed by atoms with E-state index in [0.717, 1.165) is 48.1 Å². The third kappa shape index (κ3) is 3.50. The summed E-state index contributed by atoms with van der Waals surface area (Å²) in [5.41, 5.74) is 4.64. The van der Waals surface area contributed by atoms with E-state index in [4.69, 9.17) is 0 Å². The summed E-state index contributed by atoms with van der Waals surface area (Å²) in [6.07, 6.45) is 9.97. The number of rotatable bonds is 6. The van der Waals surface area contributed by atoms with Gasteiger partial charge in [0.2, 0.25) is 0 Å². The van der Waals surface area contributed by atoms with Crippen molar-refractivity contribution in [3.05, 3.63) is 63.6 Å². The predicted octanol–water partition coefficient (Wildman–Crippen LogP) is 3.98. The van der Waals surface area contributed by atoms with E-state index in [0.29, 0.717) is 12.0 Å². The summed E-state index contributed by atoms with van der Waals surface area (Å²) in [4.78, 5) is 26.7. The first-order valence-corrected chi connectivity index (χ1v) is 9.28. The molecule has 0 bridgehead atoms. The van der Waals surface area contributed by atoms with Gasteiger partial charge in [-0.3, -0.25) is 9.59 Å². The topological polar surface area (TPSA) is 42.3 Å². The van der Waals surface area contributed by atoms with Gasteiger partial charge in [-0.25, -0.2) is 0 Å². The number of pyridine rings is 1. The molecule has 0 saturated heterocycles. The van der Waals surface area contributed by atoms with Gasteiger partial charge in [0.25, 0.3) is 11.5 Å². The molecule has 0 atom stereocenters. The first kappa shape index (κ1) is 18.2. The minimum Gasteiger partial charge on any atom is -0.345 e. The van der Waals surface area contributed by atoms with Crippen LogP contribution in [0, 0.1) is 0 Å². The molecule has 1 aromatic heterocycles. The van der Waals surface area contributed by atoms with Gasteiger partial charge in [0.05, 0.1) is 0 Å². The van der Waals surface area contributed by atoms with Gasteiger partial charge in [0, 0.05) is 43.5 Å². The summed E-state index contributed by atoms with van der Waals surface area (Å²) >= 11 is 0. The summed E-state index contributed by atoms with van der Waals surface area (Å²) in [7, 11) is 3.51. The Morgan fingerprint density at radius 3 is 2.77 bits per heavy atom. The minimum absolute atomic E-state index is 0.0182. The molecule has 1 aliphatic carbocycles. The number of nitrogens with zero attached hydrogens (tertiary/aromatic N) is 2. The molecule has 0 N–H and O–H groups in total. The van der Waals surface area contributed by atoms with Gasteiger partial charge >= 0.3 is 0 Å². The molecule has 1 aliphatic rings. The highest BCUT2D eigenvalue weighted by molar-refractivity contribution is 5.95. The maximum atomic E-state index is 12.8. The van der Waals surface area contributed by atoms with Crippen molar-refractivity contribution in [1.29, 1.82) is 0 Å². The Balaban J connectivity index is 2.07. The number of hydrogen-bond donors (Lipinski definition) is 0. The number of amides is 1. The van der Waals surface area contributed by atoms with E-state index in [1.807, 2.05) is 47.2 Å². The highest BCUT2D eigenvalue weighted by atomic mass is 16.2. The summed E-state index contributed by atoms with van der Waals surface area (Å²) in [6.45, 7) is 2.90. The van der Waals surface area contributed by atoms with E-state index >= 15 is 0 Å². The van der Waals surface area contributed by atoms with Crippen molar-refractivity contribution in [2.45, 2.75) is 39.2 Å². The number of fused-ring (bicyclic) bond motifs is 1. The van der Waals surface area contributed by atoms with Crippen LogP contribution in [-0.2, 0) is 13.0 Å². The average Bonchev–Trinajstić information content (AvgIpc) is 3.13. The Hall–Kier alpha value is -2.62. The van der Waals surface area contributed by atoms with Crippen LogP contribution >= 0.6 is 0 Å². The molecule has 136 valence electrons. The fourth-order valence-corrected chi connectivity index (χ4v) is 3.42. The van der Waals surface area contributed by atoms with Crippen LogP contribution in [0.4, 0.5) is 0 Å². The van der Waals surface area contributed by atoms with Gasteiger partial charge in [-0.1, -0.05) is 44.1 Å². The lowest BCUT2D eigenvalue weighted by Crippen LogP contribution is -2.24. The average molecular weight is 350 g/mol. The van der Waals surface area contributed by atoms with Crippen molar-refractivity contribution in [3.8, 4) is 11.1 Å². The number of hydrogen-bond acceptors (Lipinski definition) is 2. The van der Waals surface area contributed by atoms with Crippen molar-refractivity contribution < 1.29 is 4.79 Å². The fourth-order valence-electron chi connectivity index (χ4n) is 3.42. The predicted molar refractivity (Wildman–Crippen MR) is 106 cm³/mol. The molecule has 1 amide bonds. The van der Waals surface area contributed by atoms with Crippen molar-refractivity contribution in [2.24, 2.45) is 0 Å². The monoisotopic (exact) mass is 350 g/mol. The third-order valence-corrected chi connectivity index (χ3v) is 4.86. The summed E-state index contributed by atoms with van der Waals surface area (Å²) in [5.74, 6) is -0.0182. The van der Waals surface area contributed by atoms with E-state index in [-0.39, 0.29) is 11.5 Å². The number of carbonyl (C=O) groups excluding carboxylic acids is 1.